The molecule has 1 unspecified atom stereocenters. The molecule has 0 amide bonds. The molecule has 0 saturated carbocycles. The summed E-state index contributed by atoms with van der Waals surface area (Å²) in [6.07, 6.45) is 2.00. The van der Waals surface area contributed by atoms with Crippen molar-refractivity contribution in [2.45, 2.75) is 45.3 Å². The summed E-state index contributed by atoms with van der Waals surface area (Å²) >= 11 is 5.97. The molecule has 102 valence electrons. The number of halogens is 1. The molecule has 0 bridgehead atoms. The minimum Gasteiger partial charge on any atom is -0.379 e. The van der Waals surface area contributed by atoms with Crippen LogP contribution in [0.25, 0.3) is 0 Å². The van der Waals surface area contributed by atoms with E-state index in [1.165, 1.54) is 5.56 Å². The fourth-order valence-corrected chi connectivity index (χ4v) is 2.02. The maximum atomic E-state index is 5.97. The average molecular weight is 270 g/mol. The second-order valence-corrected chi connectivity index (χ2v) is 5.84. The third-order valence-electron chi connectivity index (χ3n) is 3.20. The highest BCUT2D eigenvalue weighted by Gasteiger charge is 2.15. The van der Waals surface area contributed by atoms with Gasteiger partial charge < -0.3 is 10.1 Å². The van der Waals surface area contributed by atoms with Gasteiger partial charge in [-0.05, 0) is 57.9 Å². The zero-order chi connectivity index (χ0) is 13.6. The minimum absolute atomic E-state index is 0.0528. The number of benzene rings is 1. The first-order valence-corrected chi connectivity index (χ1v) is 6.84. The quantitative estimate of drug-likeness (QED) is 0.815. The van der Waals surface area contributed by atoms with Crippen molar-refractivity contribution in [2.24, 2.45) is 0 Å². The number of hydrogen-bond donors (Lipinski definition) is 1. The number of hydrogen-bond acceptors (Lipinski definition) is 2. The third-order valence-corrected chi connectivity index (χ3v) is 3.44. The van der Waals surface area contributed by atoms with Gasteiger partial charge in [0.25, 0.3) is 0 Å². The van der Waals surface area contributed by atoms with Gasteiger partial charge in [-0.25, -0.2) is 0 Å². The lowest BCUT2D eigenvalue weighted by atomic mass is 10.0. The van der Waals surface area contributed by atoms with Crippen molar-refractivity contribution in [1.29, 1.82) is 0 Å². The highest BCUT2D eigenvalue weighted by atomic mass is 35.5. The zero-order valence-corrected chi connectivity index (χ0v) is 12.6. The molecule has 0 heterocycles. The molecular formula is C15H24ClNO. The Morgan fingerprint density at radius 3 is 2.72 bits per heavy atom. The Kier molecular flexibility index (Phi) is 6.13. The standard InChI is InChI=1S/C15H24ClNO/c1-12(17-9-8-15(2,3)18-4)10-13-6-5-7-14(16)11-13/h5-7,11-12,17H,8-10H2,1-4H3. The molecule has 1 atom stereocenters. The largest absolute Gasteiger partial charge is 0.379 e. The maximum absolute atomic E-state index is 5.97. The molecule has 3 heteroatoms. The molecule has 1 aromatic rings. The van der Waals surface area contributed by atoms with E-state index in [4.69, 9.17) is 16.3 Å². The summed E-state index contributed by atoms with van der Waals surface area (Å²) < 4.78 is 5.40. The summed E-state index contributed by atoms with van der Waals surface area (Å²) in [6, 6.07) is 8.49. The third kappa shape index (κ3) is 5.85. The molecule has 0 aliphatic carbocycles. The van der Waals surface area contributed by atoms with Crippen LogP contribution in [-0.4, -0.2) is 25.3 Å². The lowest BCUT2D eigenvalue weighted by Gasteiger charge is -2.24. The van der Waals surface area contributed by atoms with Gasteiger partial charge in [-0.2, -0.15) is 0 Å². The van der Waals surface area contributed by atoms with Crippen molar-refractivity contribution in [3.8, 4) is 0 Å². The molecule has 0 saturated heterocycles. The van der Waals surface area contributed by atoms with E-state index in [9.17, 15) is 0 Å². The first-order valence-electron chi connectivity index (χ1n) is 6.46. The van der Waals surface area contributed by atoms with E-state index in [0.717, 1.165) is 24.4 Å². The molecule has 0 aromatic heterocycles. The predicted molar refractivity (Wildman–Crippen MR) is 78.3 cm³/mol. The summed E-state index contributed by atoms with van der Waals surface area (Å²) in [7, 11) is 1.76. The first-order chi connectivity index (χ1) is 8.43. The molecule has 0 fully saturated rings. The summed E-state index contributed by atoms with van der Waals surface area (Å²) in [5.41, 5.74) is 1.22. The normalized spacial score (nSPS) is 13.6. The van der Waals surface area contributed by atoms with Gasteiger partial charge in [0, 0.05) is 18.2 Å². The van der Waals surface area contributed by atoms with Gasteiger partial charge in [0.15, 0.2) is 0 Å². The van der Waals surface area contributed by atoms with Gasteiger partial charge in [-0.15, -0.1) is 0 Å². The van der Waals surface area contributed by atoms with Gasteiger partial charge in [0.05, 0.1) is 5.60 Å². The number of nitrogens with one attached hydrogen (secondary N) is 1. The second kappa shape index (κ2) is 7.13. The van der Waals surface area contributed by atoms with Crippen molar-refractivity contribution in [1.82, 2.24) is 5.32 Å². The Bertz CT molecular complexity index is 365. The van der Waals surface area contributed by atoms with E-state index in [0.29, 0.717) is 6.04 Å². The Balaban J connectivity index is 2.32. The van der Waals surface area contributed by atoms with E-state index in [2.05, 4.69) is 32.2 Å². The van der Waals surface area contributed by atoms with E-state index in [1.807, 2.05) is 18.2 Å². The second-order valence-electron chi connectivity index (χ2n) is 5.40. The molecule has 0 aliphatic heterocycles. The molecule has 18 heavy (non-hydrogen) atoms. The topological polar surface area (TPSA) is 21.3 Å². The maximum Gasteiger partial charge on any atom is 0.0634 e. The average Bonchev–Trinajstić information content (AvgIpc) is 2.28. The van der Waals surface area contributed by atoms with Crippen LogP contribution in [0.3, 0.4) is 0 Å². The summed E-state index contributed by atoms with van der Waals surface area (Å²) in [5, 5.41) is 4.32. The van der Waals surface area contributed by atoms with E-state index >= 15 is 0 Å². The molecule has 1 N–H and O–H groups in total. The smallest absolute Gasteiger partial charge is 0.0634 e. The van der Waals surface area contributed by atoms with Crippen LogP contribution in [0.15, 0.2) is 24.3 Å². The molecule has 1 aromatic carbocycles. The van der Waals surface area contributed by atoms with Crippen LogP contribution in [0.4, 0.5) is 0 Å². The lowest BCUT2D eigenvalue weighted by Crippen LogP contribution is -2.34. The number of ether oxygens (including phenoxy) is 1. The van der Waals surface area contributed by atoms with Gasteiger partial charge in [0.1, 0.15) is 0 Å². The van der Waals surface area contributed by atoms with Crippen LogP contribution in [-0.2, 0) is 11.2 Å². The van der Waals surface area contributed by atoms with Crippen LogP contribution >= 0.6 is 11.6 Å². The van der Waals surface area contributed by atoms with E-state index in [-0.39, 0.29) is 5.60 Å². The minimum atomic E-state index is -0.0528. The Labute approximate surface area is 116 Å². The summed E-state index contributed by atoms with van der Waals surface area (Å²) in [5.74, 6) is 0. The highest BCUT2D eigenvalue weighted by molar-refractivity contribution is 6.30. The number of rotatable bonds is 7. The van der Waals surface area contributed by atoms with Gasteiger partial charge in [-0.1, -0.05) is 23.7 Å². The molecule has 0 aliphatic rings. The van der Waals surface area contributed by atoms with Crippen LogP contribution in [0.2, 0.25) is 5.02 Å². The summed E-state index contributed by atoms with van der Waals surface area (Å²) in [6.45, 7) is 7.37. The van der Waals surface area contributed by atoms with Gasteiger partial charge in [0.2, 0.25) is 0 Å². The van der Waals surface area contributed by atoms with Gasteiger partial charge in [-0.3, -0.25) is 0 Å². The van der Waals surface area contributed by atoms with Crippen LogP contribution in [0.1, 0.15) is 32.8 Å². The van der Waals surface area contributed by atoms with Crippen LogP contribution in [0, 0.1) is 0 Å². The molecule has 1 rings (SSSR count). The fourth-order valence-electron chi connectivity index (χ4n) is 1.81. The van der Waals surface area contributed by atoms with Crippen molar-refractivity contribution < 1.29 is 4.74 Å². The Hall–Kier alpha value is -0.570. The van der Waals surface area contributed by atoms with Crippen LogP contribution < -0.4 is 5.32 Å². The van der Waals surface area contributed by atoms with Crippen molar-refractivity contribution in [2.75, 3.05) is 13.7 Å². The van der Waals surface area contributed by atoms with Gasteiger partial charge >= 0.3 is 0 Å². The van der Waals surface area contributed by atoms with Crippen molar-refractivity contribution >= 4 is 11.6 Å². The van der Waals surface area contributed by atoms with Crippen molar-refractivity contribution in [3.63, 3.8) is 0 Å². The number of methoxy groups -OCH3 is 1. The first kappa shape index (κ1) is 15.5. The molecular weight excluding hydrogens is 246 g/mol. The Morgan fingerprint density at radius 1 is 1.39 bits per heavy atom. The molecule has 0 spiro atoms. The SMILES string of the molecule is COC(C)(C)CCNC(C)Cc1cccc(Cl)c1. The lowest BCUT2D eigenvalue weighted by molar-refractivity contribution is 0.0154. The Morgan fingerprint density at radius 2 is 2.11 bits per heavy atom. The fraction of sp³-hybridized carbons (Fsp3) is 0.600. The molecule has 2 nitrogen and oxygen atoms in total. The van der Waals surface area contributed by atoms with Crippen molar-refractivity contribution in [3.05, 3.63) is 34.9 Å². The predicted octanol–water partition coefficient (Wildman–Crippen LogP) is 3.68. The zero-order valence-electron chi connectivity index (χ0n) is 11.8. The van der Waals surface area contributed by atoms with E-state index in [1.54, 1.807) is 7.11 Å². The summed E-state index contributed by atoms with van der Waals surface area (Å²) in [4.78, 5) is 0. The van der Waals surface area contributed by atoms with Crippen LogP contribution in [0.5, 0.6) is 0 Å². The monoisotopic (exact) mass is 269 g/mol. The highest BCUT2D eigenvalue weighted by Crippen LogP contribution is 2.13. The van der Waals surface area contributed by atoms with E-state index < -0.39 is 0 Å². The molecule has 0 radical (unpaired) electrons.